The third-order valence-electron chi connectivity index (χ3n) is 4.56. The van der Waals surface area contributed by atoms with E-state index in [2.05, 4.69) is 37.1 Å². The van der Waals surface area contributed by atoms with E-state index in [0.29, 0.717) is 0 Å². The molecule has 0 aromatic carbocycles. The molecule has 3 nitrogen and oxygen atoms in total. The number of pyridine rings is 1. The van der Waals surface area contributed by atoms with Crippen LogP contribution in [0, 0.1) is 5.92 Å². The van der Waals surface area contributed by atoms with E-state index < -0.39 is 0 Å². The molecule has 1 aromatic heterocycles. The van der Waals surface area contributed by atoms with Crippen molar-refractivity contribution >= 4 is 0 Å². The van der Waals surface area contributed by atoms with E-state index in [1.807, 2.05) is 18.5 Å². The van der Waals surface area contributed by atoms with Crippen LogP contribution in [0.3, 0.4) is 0 Å². The van der Waals surface area contributed by atoms with Gasteiger partial charge >= 0.3 is 0 Å². The van der Waals surface area contributed by atoms with E-state index in [1.54, 1.807) is 0 Å². The third kappa shape index (κ3) is 4.04. The maximum absolute atomic E-state index is 6.36. The van der Waals surface area contributed by atoms with Crippen molar-refractivity contribution in [2.75, 3.05) is 13.2 Å². The first kappa shape index (κ1) is 16.4. The van der Waals surface area contributed by atoms with Crippen molar-refractivity contribution in [3.05, 3.63) is 30.1 Å². The summed E-state index contributed by atoms with van der Waals surface area (Å²) in [6, 6.07) is 4.45. The van der Waals surface area contributed by atoms with Gasteiger partial charge in [0.15, 0.2) is 0 Å². The van der Waals surface area contributed by atoms with Crippen LogP contribution in [0.2, 0.25) is 0 Å². The average molecular weight is 290 g/mol. The lowest BCUT2D eigenvalue weighted by Gasteiger charge is -2.45. The summed E-state index contributed by atoms with van der Waals surface area (Å²) in [5, 5.41) is 3.74. The van der Waals surface area contributed by atoms with Crippen LogP contribution in [0.1, 0.15) is 64.5 Å². The molecule has 1 aliphatic carbocycles. The van der Waals surface area contributed by atoms with Crippen LogP contribution in [-0.4, -0.2) is 23.7 Å². The van der Waals surface area contributed by atoms with Gasteiger partial charge in [0.1, 0.15) is 0 Å². The van der Waals surface area contributed by atoms with Crippen LogP contribution in [0.25, 0.3) is 0 Å². The summed E-state index contributed by atoms with van der Waals surface area (Å²) in [6.45, 7) is 8.47. The molecule has 3 unspecified atom stereocenters. The molecule has 1 fully saturated rings. The first-order chi connectivity index (χ1) is 10.2. The van der Waals surface area contributed by atoms with Gasteiger partial charge < -0.3 is 10.1 Å². The molecule has 2 rings (SSSR count). The summed E-state index contributed by atoms with van der Waals surface area (Å²) in [5.41, 5.74) is 1.18. The maximum atomic E-state index is 6.36. The van der Waals surface area contributed by atoms with Crippen molar-refractivity contribution in [3.8, 4) is 0 Å². The van der Waals surface area contributed by atoms with Gasteiger partial charge in [-0.2, -0.15) is 0 Å². The molecule has 1 aromatic rings. The Morgan fingerprint density at radius 1 is 1.48 bits per heavy atom. The Kier molecular flexibility index (Phi) is 6.19. The molecular weight excluding hydrogens is 260 g/mol. The predicted molar refractivity (Wildman–Crippen MR) is 87.3 cm³/mol. The summed E-state index contributed by atoms with van der Waals surface area (Å²) in [4.78, 5) is 4.32. The zero-order valence-electron chi connectivity index (χ0n) is 13.8. The Labute approximate surface area is 129 Å². The second kappa shape index (κ2) is 7.90. The van der Waals surface area contributed by atoms with Crippen molar-refractivity contribution in [2.24, 2.45) is 5.92 Å². The quantitative estimate of drug-likeness (QED) is 0.820. The summed E-state index contributed by atoms with van der Waals surface area (Å²) in [5.74, 6) is 0.730. The smallest absolute Gasteiger partial charge is 0.0879 e. The first-order valence-electron chi connectivity index (χ1n) is 8.49. The van der Waals surface area contributed by atoms with Gasteiger partial charge in [-0.25, -0.2) is 0 Å². The molecule has 0 bridgehead atoms. The lowest BCUT2D eigenvalue weighted by atomic mass is 9.73. The molecule has 1 aliphatic rings. The van der Waals surface area contributed by atoms with Crippen LogP contribution in [-0.2, 0) is 4.74 Å². The summed E-state index contributed by atoms with van der Waals surface area (Å²) >= 11 is 0. The normalized spacial score (nSPS) is 27.5. The summed E-state index contributed by atoms with van der Waals surface area (Å²) < 4.78 is 6.36. The van der Waals surface area contributed by atoms with Gasteiger partial charge in [-0.15, -0.1) is 0 Å². The van der Waals surface area contributed by atoms with E-state index in [1.165, 1.54) is 18.4 Å². The van der Waals surface area contributed by atoms with Gasteiger partial charge in [-0.05, 0) is 50.3 Å². The minimum absolute atomic E-state index is 0.0787. The molecule has 0 aliphatic heterocycles. The third-order valence-corrected chi connectivity index (χ3v) is 4.56. The number of rotatable bonds is 7. The van der Waals surface area contributed by atoms with Crippen LogP contribution < -0.4 is 5.32 Å². The fourth-order valence-electron chi connectivity index (χ4n) is 3.75. The topological polar surface area (TPSA) is 34.2 Å². The van der Waals surface area contributed by atoms with E-state index in [9.17, 15) is 0 Å². The molecule has 21 heavy (non-hydrogen) atoms. The largest absolute Gasteiger partial charge is 0.373 e. The van der Waals surface area contributed by atoms with Gasteiger partial charge in [0.25, 0.3) is 0 Å². The molecule has 0 radical (unpaired) electrons. The van der Waals surface area contributed by atoms with Gasteiger partial charge in [0, 0.05) is 19.0 Å². The zero-order chi connectivity index (χ0) is 15.1. The van der Waals surface area contributed by atoms with Gasteiger partial charge in [0.05, 0.1) is 11.6 Å². The predicted octanol–water partition coefficient (Wildman–Crippen LogP) is 4.11. The van der Waals surface area contributed by atoms with E-state index in [0.717, 1.165) is 38.3 Å². The maximum Gasteiger partial charge on any atom is 0.0879 e. The number of nitrogens with one attached hydrogen (secondary N) is 1. The monoisotopic (exact) mass is 290 g/mol. The Morgan fingerprint density at radius 2 is 2.33 bits per heavy atom. The minimum atomic E-state index is -0.0787. The fraction of sp³-hybridized carbons (Fsp3) is 0.722. The Bertz CT molecular complexity index is 405. The highest BCUT2D eigenvalue weighted by Crippen LogP contribution is 2.43. The molecule has 1 N–H and O–H groups in total. The molecule has 0 saturated heterocycles. The molecular formula is C18H30N2O. The standard InChI is InChI=1S/C18H30N2O/c1-4-11-20-17(16-9-7-12-19-14-16)18(21-5-2)10-6-8-15(3)13-18/h7,9,12,14-15,17,20H,4-6,8,10-11,13H2,1-3H3. The Morgan fingerprint density at radius 3 is 2.95 bits per heavy atom. The number of ether oxygens (including phenoxy) is 1. The average Bonchev–Trinajstić information content (AvgIpc) is 2.49. The zero-order valence-corrected chi connectivity index (χ0v) is 13.8. The number of hydrogen-bond acceptors (Lipinski definition) is 3. The number of hydrogen-bond donors (Lipinski definition) is 1. The van der Waals surface area contributed by atoms with E-state index in [4.69, 9.17) is 4.74 Å². The lowest BCUT2D eigenvalue weighted by molar-refractivity contribution is -0.102. The van der Waals surface area contributed by atoms with Crippen LogP contribution in [0.15, 0.2) is 24.5 Å². The number of aromatic nitrogens is 1. The lowest BCUT2D eigenvalue weighted by Crippen LogP contribution is -2.49. The van der Waals surface area contributed by atoms with Gasteiger partial charge in [-0.3, -0.25) is 4.98 Å². The molecule has 118 valence electrons. The van der Waals surface area contributed by atoms with Crippen molar-refractivity contribution < 1.29 is 4.74 Å². The Balaban J connectivity index is 2.30. The van der Waals surface area contributed by atoms with E-state index >= 15 is 0 Å². The van der Waals surface area contributed by atoms with Crippen molar-refractivity contribution in [1.29, 1.82) is 0 Å². The molecule has 0 spiro atoms. The van der Waals surface area contributed by atoms with Crippen LogP contribution in [0.4, 0.5) is 0 Å². The summed E-state index contributed by atoms with van der Waals surface area (Å²) in [7, 11) is 0. The van der Waals surface area contributed by atoms with Crippen molar-refractivity contribution in [1.82, 2.24) is 10.3 Å². The minimum Gasteiger partial charge on any atom is -0.373 e. The SMILES string of the molecule is CCCNC(c1cccnc1)C1(OCC)CCCC(C)C1. The first-order valence-corrected chi connectivity index (χ1v) is 8.49. The van der Waals surface area contributed by atoms with E-state index in [-0.39, 0.29) is 11.6 Å². The van der Waals surface area contributed by atoms with Crippen LogP contribution >= 0.6 is 0 Å². The van der Waals surface area contributed by atoms with Crippen molar-refractivity contribution in [2.45, 2.75) is 64.5 Å². The molecule has 1 saturated carbocycles. The molecule has 3 atom stereocenters. The molecule has 3 heteroatoms. The second-order valence-corrected chi connectivity index (χ2v) is 6.37. The second-order valence-electron chi connectivity index (χ2n) is 6.37. The highest BCUT2D eigenvalue weighted by atomic mass is 16.5. The Hall–Kier alpha value is -0.930. The summed E-state index contributed by atoms with van der Waals surface area (Å²) in [6.07, 6.45) is 9.83. The van der Waals surface area contributed by atoms with Crippen molar-refractivity contribution in [3.63, 3.8) is 0 Å². The highest BCUT2D eigenvalue weighted by molar-refractivity contribution is 5.19. The van der Waals surface area contributed by atoms with Crippen LogP contribution in [0.5, 0.6) is 0 Å². The van der Waals surface area contributed by atoms with Gasteiger partial charge in [-0.1, -0.05) is 32.8 Å². The van der Waals surface area contributed by atoms with Gasteiger partial charge in [0.2, 0.25) is 0 Å². The molecule has 0 amide bonds. The highest BCUT2D eigenvalue weighted by Gasteiger charge is 2.43. The number of nitrogens with zero attached hydrogens (tertiary/aromatic N) is 1. The molecule has 1 heterocycles. The fourth-order valence-corrected chi connectivity index (χ4v) is 3.75.